The third-order valence-electron chi connectivity index (χ3n) is 5.53. The van der Waals surface area contributed by atoms with Crippen LogP contribution in [0.15, 0.2) is 42.5 Å². The van der Waals surface area contributed by atoms with Crippen molar-refractivity contribution in [3.63, 3.8) is 0 Å². The van der Waals surface area contributed by atoms with Gasteiger partial charge in [-0.1, -0.05) is 29.8 Å². The minimum atomic E-state index is -0.257. The van der Waals surface area contributed by atoms with Crippen LogP contribution < -0.4 is 10.1 Å². The average Bonchev–Trinajstić information content (AvgIpc) is 2.86. The molecule has 2 amide bonds. The van der Waals surface area contributed by atoms with Gasteiger partial charge in [0, 0.05) is 23.7 Å². The van der Waals surface area contributed by atoms with Crippen LogP contribution in [-0.2, 0) is 4.79 Å². The highest BCUT2D eigenvalue weighted by Crippen LogP contribution is 2.34. The Hall–Kier alpha value is -2.57. The number of para-hydroxylation sites is 1. The Bertz CT molecular complexity index is 901. The zero-order valence-electron chi connectivity index (χ0n) is 17.8. The Labute approximate surface area is 182 Å². The molecule has 160 valence electrons. The van der Waals surface area contributed by atoms with E-state index >= 15 is 0 Å². The van der Waals surface area contributed by atoms with Crippen molar-refractivity contribution >= 4 is 29.6 Å². The van der Waals surface area contributed by atoms with Gasteiger partial charge in [-0.15, -0.1) is 0 Å². The molecule has 0 aliphatic carbocycles. The Balaban J connectivity index is 1.88. The van der Waals surface area contributed by atoms with Crippen molar-refractivity contribution in [2.75, 3.05) is 25.5 Å². The fourth-order valence-corrected chi connectivity index (χ4v) is 3.81. The molecule has 0 spiro atoms. The molecule has 0 bridgehead atoms. The Morgan fingerprint density at radius 3 is 2.57 bits per heavy atom. The number of anilines is 1. The number of rotatable bonds is 7. The van der Waals surface area contributed by atoms with Crippen LogP contribution in [0.2, 0.25) is 5.02 Å². The van der Waals surface area contributed by atoms with E-state index in [1.807, 2.05) is 50.1 Å². The van der Waals surface area contributed by atoms with E-state index in [1.54, 1.807) is 18.2 Å². The van der Waals surface area contributed by atoms with Crippen molar-refractivity contribution in [1.29, 1.82) is 0 Å². The second kappa shape index (κ2) is 9.49. The van der Waals surface area contributed by atoms with Crippen molar-refractivity contribution in [3.05, 3.63) is 58.6 Å². The molecule has 2 unspecified atom stereocenters. The summed E-state index contributed by atoms with van der Waals surface area (Å²) in [6, 6.07) is 13.2. The fraction of sp³-hybridized carbons (Fsp3) is 0.391. The van der Waals surface area contributed by atoms with Crippen molar-refractivity contribution in [1.82, 2.24) is 9.80 Å². The zero-order valence-corrected chi connectivity index (χ0v) is 18.5. The van der Waals surface area contributed by atoms with Crippen LogP contribution in [-0.4, -0.2) is 54.4 Å². The summed E-state index contributed by atoms with van der Waals surface area (Å²) in [6.07, 6.45) is 0.338. The van der Waals surface area contributed by atoms with E-state index in [0.717, 1.165) is 5.56 Å². The fourth-order valence-electron chi connectivity index (χ4n) is 3.69. The lowest BCUT2D eigenvalue weighted by Crippen LogP contribution is -2.45. The molecule has 1 aliphatic heterocycles. The number of nitrogens with one attached hydrogen (secondary N) is 1. The van der Waals surface area contributed by atoms with E-state index in [1.165, 1.54) is 0 Å². The topological polar surface area (TPSA) is 61.9 Å². The zero-order chi connectivity index (χ0) is 21.8. The number of amides is 2. The standard InChI is InChI=1S/C23H28ClN3O3/c1-15(2)27-13-19(12-26(4)16(3)17-8-10-18(24)11-9-17)30-22-20(23(27)29)6-5-7-21(22)25-14-28/h5-11,14-16,19H,12-13H2,1-4H3,(H,25,28). The maximum atomic E-state index is 13.2. The molecule has 0 radical (unpaired) electrons. The van der Waals surface area contributed by atoms with Crippen molar-refractivity contribution in [2.24, 2.45) is 0 Å². The summed E-state index contributed by atoms with van der Waals surface area (Å²) in [7, 11) is 2.03. The van der Waals surface area contributed by atoms with Crippen LogP contribution >= 0.6 is 11.6 Å². The maximum absolute atomic E-state index is 13.2. The van der Waals surface area contributed by atoms with E-state index < -0.39 is 0 Å². The van der Waals surface area contributed by atoms with Crippen LogP contribution in [0.3, 0.4) is 0 Å². The molecule has 7 heteroatoms. The first-order valence-electron chi connectivity index (χ1n) is 10.1. The average molecular weight is 430 g/mol. The van der Waals surface area contributed by atoms with Crippen molar-refractivity contribution < 1.29 is 14.3 Å². The second-order valence-corrected chi connectivity index (χ2v) is 8.34. The third kappa shape index (κ3) is 4.77. The number of likely N-dealkylation sites (N-methyl/N-ethyl adjacent to an activating group) is 1. The number of nitrogens with zero attached hydrogens (tertiary/aromatic N) is 2. The first-order chi connectivity index (χ1) is 14.3. The lowest BCUT2D eigenvalue weighted by Gasteiger charge is -2.32. The first kappa shape index (κ1) is 22.1. The summed E-state index contributed by atoms with van der Waals surface area (Å²) in [5.41, 5.74) is 2.11. The molecular weight excluding hydrogens is 402 g/mol. The van der Waals surface area contributed by atoms with Gasteiger partial charge in [-0.05, 0) is 57.6 Å². The minimum Gasteiger partial charge on any atom is -0.484 e. The normalized spacial score (nSPS) is 17.4. The highest BCUT2D eigenvalue weighted by atomic mass is 35.5. The van der Waals surface area contributed by atoms with Crippen LogP contribution in [0.4, 0.5) is 5.69 Å². The molecule has 3 rings (SSSR count). The van der Waals surface area contributed by atoms with E-state index in [-0.39, 0.29) is 24.1 Å². The maximum Gasteiger partial charge on any atom is 0.258 e. The van der Waals surface area contributed by atoms with E-state index in [2.05, 4.69) is 17.1 Å². The molecule has 1 heterocycles. The summed E-state index contributed by atoms with van der Waals surface area (Å²) in [5.74, 6) is 0.334. The van der Waals surface area contributed by atoms with Gasteiger partial charge in [0.05, 0.1) is 17.8 Å². The van der Waals surface area contributed by atoms with Gasteiger partial charge in [-0.2, -0.15) is 0 Å². The molecule has 2 atom stereocenters. The molecule has 2 aromatic rings. The predicted octanol–water partition coefficient (Wildman–Crippen LogP) is 4.21. The molecule has 2 aromatic carbocycles. The van der Waals surface area contributed by atoms with E-state index in [4.69, 9.17) is 16.3 Å². The van der Waals surface area contributed by atoms with Gasteiger partial charge in [-0.3, -0.25) is 14.5 Å². The number of ether oxygens (including phenoxy) is 1. The Morgan fingerprint density at radius 2 is 1.93 bits per heavy atom. The number of benzene rings is 2. The molecule has 0 aromatic heterocycles. The van der Waals surface area contributed by atoms with Gasteiger partial charge in [0.2, 0.25) is 6.41 Å². The molecule has 6 nitrogen and oxygen atoms in total. The molecule has 0 saturated heterocycles. The van der Waals surface area contributed by atoms with Gasteiger partial charge in [0.1, 0.15) is 6.10 Å². The van der Waals surface area contributed by atoms with Crippen LogP contribution in [0, 0.1) is 0 Å². The molecule has 1 N–H and O–H groups in total. The highest BCUT2D eigenvalue weighted by molar-refractivity contribution is 6.30. The van der Waals surface area contributed by atoms with Gasteiger partial charge in [0.15, 0.2) is 5.75 Å². The largest absolute Gasteiger partial charge is 0.484 e. The van der Waals surface area contributed by atoms with Crippen LogP contribution in [0.1, 0.15) is 42.7 Å². The van der Waals surface area contributed by atoms with Gasteiger partial charge < -0.3 is 15.0 Å². The predicted molar refractivity (Wildman–Crippen MR) is 119 cm³/mol. The van der Waals surface area contributed by atoms with E-state index in [0.29, 0.717) is 41.5 Å². The number of halogens is 1. The van der Waals surface area contributed by atoms with Gasteiger partial charge >= 0.3 is 0 Å². The van der Waals surface area contributed by atoms with Gasteiger partial charge in [-0.25, -0.2) is 0 Å². The molecule has 0 fully saturated rings. The highest BCUT2D eigenvalue weighted by Gasteiger charge is 2.33. The second-order valence-electron chi connectivity index (χ2n) is 7.90. The molecule has 1 aliphatic rings. The summed E-state index contributed by atoms with van der Waals surface area (Å²) >= 11 is 6.02. The van der Waals surface area contributed by atoms with Crippen molar-refractivity contribution in [3.8, 4) is 5.75 Å². The lowest BCUT2D eigenvalue weighted by molar-refractivity contribution is -0.105. The quantitative estimate of drug-likeness (QED) is 0.669. The lowest BCUT2D eigenvalue weighted by atomic mass is 10.1. The SMILES string of the molecule is CC(c1ccc(Cl)cc1)N(C)CC1CN(C(C)C)C(=O)c2cccc(NC=O)c2O1. The number of carbonyl (C=O) groups is 2. The summed E-state index contributed by atoms with van der Waals surface area (Å²) in [5, 5.41) is 3.36. The van der Waals surface area contributed by atoms with Crippen LogP contribution in [0.25, 0.3) is 0 Å². The minimum absolute atomic E-state index is 0.0243. The Morgan fingerprint density at radius 1 is 1.23 bits per heavy atom. The first-order valence-corrected chi connectivity index (χ1v) is 10.5. The number of fused-ring (bicyclic) bond motifs is 1. The summed E-state index contributed by atoms with van der Waals surface area (Å²) in [4.78, 5) is 28.2. The summed E-state index contributed by atoms with van der Waals surface area (Å²) < 4.78 is 6.32. The number of hydrogen-bond donors (Lipinski definition) is 1. The smallest absolute Gasteiger partial charge is 0.258 e. The summed E-state index contributed by atoms with van der Waals surface area (Å²) in [6.45, 7) is 7.18. The van der Waals surface area contributed by atoms with E-state index in [9.17, 15) is 9.59 Å². The third-order valence-corrected chi connectivity index (χ3v) is 5.79. The number of carbonyl (C=O) groups excluding carboxylic acids is 2. The van der Waals surface area contributed by atoms with Gasteiger partial charge in [0.25, 0.3) is 5.91 Å². The van der Waals surface area contributed by atoms with Crippen LogP contribution in [0.5, 0.6) is 5.75 Å². The number of hydrogen-bond acceptors (Lipinski definition) is 4. The monoisotopic (exact) mass is 429 g/mol. The Kier molecular flexibility index (Phi) is 7.00. The molecular formula is C23H28ClN3O3. The molecule has 30 heavy (non-hydrogen) atoms. The molecule has 0 saturated carbocycles. The van der Waals surface area contributed by atoms with Crippen molar-refractivity contribution in [2.45, 2.75) is 39.0 Å².